The van der Waals surface area contributed by atoms with Crippen molar-refractivity contribution < 1.29 is 9.53 Å². The van der Waals surface area contributed by atoms with E-state index in [1.165, 1.54) is 17.0 Å². The zero-order valence-corrected chi connectivity index (χ0v) is 27.0. The van der Waals surface area contributed by atoms with Crippen LogP contribution in [0.2, 0.25) is 0 Å². The Morgan fingerprint density at radius 1 is 1.15 bits per heavy atom. The number of para-hydroxylation sites is 1. The predicted molar refractivity (Wildman–Crippen MR) is 187 cm³/mol. The van der Waals surface area contributed by atoms with Crippen molar-refractivity contribution in [3.8, 4) is 17.5 Å². The molecule has 12 nitrogen and oxygen atoms in total. The number of morpholine rings is 1. The minimum atomic E-state index is -0.608. The van der Waals surface area contributed by atoms with Crippen molar-refractivity contribution in [2.45, 2.75) is 19.5 Å². The number of allylic oxidation sites excluding steroid dienone is 1. The van der Waals surface area contributed by atoms with Gasteiger partial charge in [0.1, 0.15) is 5.56 Å². The van der Waals surface area contributed by atoms with Gasteiger partial charge >= 0.3 is 0 Å². The second-order valence-electron chi connectivity index (χ2n) is 11.4. The number of nitrogens with zero attached hydrogens (tertiary/aromatic N) is 7. The fourth-order valence-electron chi connectivity index (χ4n) is 5.77. The summed E-state index contributed by atoms with van der Waals surface area (Å²) in [6, 6.07) is 16.2. The van der Waals surface area contributed by atoms with Crippen LogP contribution in [0.15, 0.2) is 89.4 Å². The van der Waals surface area contributed by atoms with Gasteiger partial charge < -0.3 is 15.8 Å². The molecule has 0 saturated carbocycles. The molecule has 1 aliphatic heterocycles. The number of nitrogens with two attached hydrogens (primary N) is 1. The first-order valence-electron chi connectivity index (χ1n) is 15.7. The smallest absolute Gasteiger partial charge is 0.264 e. The molecular weight excluding hydrogens is 606 g/mol. The van der Waals surface area contributed by atoms with Crippen LogP contribution in [0.25, 0.3) is 16.5 Å². The van der Waals surface area contributed by atoms with Gasteiger partial charge in [0.2, 0.25) is 0 Å². The Labute approximate surface area is 278 Å². The molecular formula is C36H37N9O3. The molecule has 1 atom stereocenters. The number of nitrogen functional groups attached to an aromatic ring is 1. The molecule has 12 heteroatoms. The summed E-state index contributed by atoms with van der Waals surface area (Å²) in [4.78, 5) is 34.6. The second kappa shape index (κ2) is 14.3. The van der Waals surface area contributed by atoms with Crippen molar-refractivity contribution in [3.05, 3.63) is 112 Å². The van der Waals surface area contributed by atoms with E-state index in [1.807, 2.05) is 72.4 Å². The van der Waals surface area contributed by atoms with Gasteiger partial charge in [-0.3, -0.25) is 23.7 Å². The van der Waals surface area contributed by atoms with E-state index in [1.54, 1.807) is 17.8 Å². The predicted octanol–water partition coefficient (Wildman–Crippen LogP) is 3.61. The molecule has 0 aliphatic carbocycles. The van der Waals surface area contributed by atoms with Gasteiger partial charge in [-0.2, -0.15) is 10.2 Å². The number of aromatic nitrogens is 5. The van der Waals surface area contributed by atoms with Crippen molar-refractivity contribution in [1.82, 2.24) is 34.3 Å². The van der Waals surface area contributed by atoms with Gasteiger partial charge in [0.05, 0.1) is 42.9 Å². The number of aryl methyl sites for hydroxylation is 1. The highest BCUT2D eigenvalue weighted by atomic mass is 16.5. The molecule has 1 unspecified atom stereocenters. The van der Waals surface area contributed by atoms with Crippen molar-refractivity contribution in [1.29, 1.82) is 0 Å². The first kappa shape index (κ1) is 32.2. The van der Waals surface area contributed by atoms with E-state index in [0.29, 0.717) is 33.5 Å². The third-order valence-electron chi connectivity index (χ3n) is 8.18. The zero-order valence-electron chi connectivity index (χ0n) is 27.0. The number of aliphatic imine (C=N–C) groups is 1. The number of ether oxygens (including phenoxy) is 1. The summed E-state index contributed by atoms with van der Waals surface area (Å²) in [7, 11) is 1.65. The molecule has 48 heavy (non-hydrogen) atoms. The van der Waals surface area contributed by atoms with Crippen LogP contribution in [0.1, 0.15) is 40.1 Å². The van der Waals surface area contributed by atoms with Crippen molar-refractivity contribution in [2.75, 3.05) is 38.6 Å². The molecule has 1 amide bonds. The highest BCUT2D eigenvalue weighted by molar-refractivity contribution is 6.03. The van der Waals surface area contributed by atoms with E-state index in [-0.39, 0.29) is 16.9 Å². The number of fused-ring (bicyclic) bond motifs is 1. The molecule has 1 aliphatic rings. The molecule has 6 rings (SSSR count). The molecule has 4 heterocycles. The summed E-state index contributed by atoms with van der Waals surface area (Å²) in [6.45, 7) is 10.5. The molecule has 0 radical (unpaired) electrons. The molecule has 5 aromatic rings. The maximum atomic E-state index is 14.4. The van der Waals surface area contributed by atoms with Gasteiger partial charge in [-0.15, -0.1) is 0 Å². The molecule has 1 saturated heterocycles. The molecule has 0 spiro atoms. The van der Waals surface area contributed by atoms with Crippen LogP contribution in [-0.2, 0) is 18.3 Å². The van der Waals surface area contributed by atoms with Crippen LogP contribution in [-0.4, -0.2) is 74.0 Å². The Hall–Kier alpha value is -5.77. The maximum absolute atomic E-state index is 14.4. The van der Waals surface area contributed by atoms with E-state index in [9.17, 15) is 9.59 Å². The monoisotopic (exact) mass is 643 g/mol. The first-order valence-corrected chi connectivity index (χ1v) is 15.7. The summed E-state index contributed by atoms with van der Waals surface area (Å²) < 4.78 is 10.4. The summed E-state index contributed by atoms with van der Waals surface area (Å²) >= 11 is 0. The van der Waals surface area contributed by atoms with Crippen LogP contribution in [0, 0.1) is 11.8 Å². The second-order valence-corrected chi connectivity index (χ2v) is 11.4. The van der Waals surface area contributed by atoms with Crippen LogP contribution in [0.5, 0.6) is 0 Å². The van der Waals surface area contributed by atoms with E-state index < -0.39 is 11.9 Å². The number of pyridine rings is 1. The van der Waals surface area contributed by atoms with Crippen LogP contribution < -0.4 is 16.6 Å². The lowest BCUT2D eigenvalue weighted by atomic mass is 10.0. The lowest BCUT2D eigenvalue weighted by molar-refractivity contribution is 0.0359. The number of hydrogen-bond acceptors (Lipinski definition) is 8. The average Bonchev–Trinajstić information content (AvgIpc) is 3.68. The van der Waals surface area contributed by atoms with E-state index in [2.05, 4.69) is 43.8 Å². The Morgan fingerprint density at radius 2 is 1.94 bits per heavy atom. The number of anilines is 1. The summed E-state index contributed by atoms with van der Waals surface area (Å²) in [5, 5.41) is 12.8. The largest absolute Gasteiger partial charge is 0.381 e. The Balaban J connectivity index is 1.34. The summed E-state index contributed by atoms with van der Waals surface area (Å²) in [5.41, 5.74) is 8.59. The van der Waals surface area contributed by atoms with E-state index >= 15 is 0 Å². The van der Waals surface area contributed by atoms with Crippen LogP contribution in [0.4, 0.5) is 11.6 Å². The van der Waals surface area contributed by atoms with Crippen molar-refractivity contribution in [2.24, 2.45) is 12.0 Å². The van der Waals surface area contributed by atoms with Gasteiger partial charge in [0, 0.05) is 56.0 Å². The standard InChI is InChI=1S/C36H37N9O3/c1-4-15-38-34-32(33(37)41-42(34)3)35(46)40-25(2)30-22-28-10-8-9-27(31(28)36(47)45(30)29-11-6-5-7-12-29)14-13-26-23-39-44(24-26)17-16-43-18-20-48-21-19-43/h4-12,15,22-25H,1,16-21H2,2-3H3,(H2,37,41)(H,40,46)/b38-15-. The SMILES string of the molecule is C=C/C=N\c1c(C(=O)NC(C)c2cc3cccc(C#Cc4cnn(CCN5CCOCC5)c4)c3c(=O)n2-c2ccccc2)c(N)nn1C. The minimum absolute atomic E-state index is 0.0447. The quantitative estimate of drug-likeness (QED) is 0.185. The first-order chi connectivity index (χ1) is 23.3. The van der Waals surface area contributed by atoms with E-state index in [4.69, 9.17) is 10.5 Å². The third kappa shape index (κ3) is 6.83. The lowest BCUT2D eigenvalue weighted by Crippen LogP contribution is -2.38. The van der Waals surface area contributed by atoms with Crippen molar-refractivity contribution in [3.63, 3.8) is 0 Å². The molecule has 0 bridgehead atoms. The molecule has 3 N–H and O–H groups in total. The fraction of sp³-hybridized carbons (Fsp3) is 0.250. The van der Waals surface area contributed by atoms with Crippen LogP contribution >= 0.6 is 0 Å². The molecule has 244 valence electrons. The normalized spacial score (nSPS) is 14.1. The van der Waals surface area contributed by atoms with E-state index in [0.717, 1.165) is 45.0 Å². The van der Waals surface area contributed by atoms with Gasteiger partial charge in [-0.25, -0.2) is 9.67 Å². The molecule has 2 aromatic carbocycles. The number of carbonyl (C=O) groups is 1. The number of carbonyl (C=O) groups excluding carboxylic acids is 1. The fourth-order valence-corrected chi connectivity index (χ4v) is 5.77. The number of rotatable bonds is 9. The van der Waals surface area contributed by atoms with Gasteiger partial charge in [0.15, 0.2) is 11.6 Å². The Kier molecular flexibility index (Phi) is 9.61. The minimum Gasteiger partial charge on any atom is -0.381 e. The maximum Gasteiger partial charge on any atom is 0.264 e. The number of nitrogens with one attached hydrogen (secondary N) is 1. The highest BCUT2D eigenvalue weighted by Gasteiger charge is 2.25. The third-order valence-corrected chi connectivity index (χ3v) is 8.18. The van der Waals surface area contributed by atoms with Crippen molar-refractivity contribution >= 4 is 34.5 Å². The molecule has 1 fully saturated rings. The topological polar surface area (TPSA) is 138 Å². The van der Waals surface area contributed by atoms with Gasteiger partial charge in [-0.1, -0.05) is 54.8 Å². The summed E-state index contributed by atoms with van der Waals surface area (Å²) in [6.07, 6.45) is 6.63. The van der Waals surface area contributed by atoms with Crippen LogP contribution in [0.3, 0.4) is 0 Å². The summed E-state index contributed by atoms with van der Waals surface area (Å²) in [5.74, 6) is 6.28. The van der Waals surface area contributed by atoms with Gasteiger partial charge in [-0.05, 0) is 36.6 Å². The Bertz CT molecular complexity index is 2110. The number of benzene rings is 2. The average molecular weight is 644 g/mol. The highest BCUT2D eigenvalue weighted by Crippen LogP contribution is 2.27. The van der Waals surface area contributed by atoms with Gasteiger partial charge in [0.25, 0.3) is 11.5 Å². The number of hydrogen-bond donors (Lipinski definition) is 2. The Morgan fingerprint density at radius 3 is 2.71 bits per heavy atom. The zero-order chi connectivity index (χ0) is 33.6. The number of amides is 1. The molecule has 3 aromatic heterocycles. The lowest BCUT2D eigenvalue weighted by Gasteiger charge is -2.26.